The molecule has 2 N–H and O–H groups in total. The molecule has 0 spiro atoms. The molecule has 0 bridgehead atoms. The van der Waals surface area contributed by atoms with Crippen LogP contribution in [0.25, 0.3) is 0 Å². The first-order chi connectivity index (χ1) is 5.62. The second-order valence-corrected chi connectivity index (χ2v) is 2.39. The predicted molar refractivity (Wildman–Crippen MR) is 52.2 cm³/mol. The number of alkyl halides is 1. The quantitative estimate of drug-likeness (QED) is 0.679. The minimum atomic E-state index is 0.00926. The SMILES string of the molecule is CCC(=O)NC.CNC(=O)CBr. The van der Waals surface area contributed by atoms with Gasteiger partial charge in [-0.25, -0.2) is 0 Å². The van der Waals surface area contributed by atoms with Crippen LogP contribution in [0.4, 0.5) is 0 Å². The summed E-state index contributed by atoms with van der Waals surface area (Å²) in [6.07, 6.45) is 0.580. The third kappa shape index (κ3) is 12.1. The Morgan fingerprint density at radius 2 is 1.58 bits per heavy atom. The van der Waals surface area contributed by atoms with E-state index in [1.165, 1.54) is 0 Å². The summed E-state index contributed by atoms with van der Waals surface area (Å²) in [6, 6.07) is 0. The average molecular weight is 239 g/mol. The molecule has 12 heavy (non-hydrogen) atoms. The first kappa shape index (κ1) is 14.0. The maximum Gasteiger partial charge on any atom is 0.230 e. The van der Waals surface area contributed by atoms with Crippen molar-refractivity contribution >= 4 is 27.7 Å². The molecule has 0 aromatic heterocycles. The van der Waals surface area contributed by atoms with Crippen molar-refractivity contribution in [2.75, 3.05) is 19.4 Å². The predicted octanol–water partition coefficient (Wildman–Crippen LogP) is 0.270. The Morgan fingerprint density at radius 3 is 1.58 bits per heavy atom. The van der Waals surface area contributed by atoms with E-state index in [-0.39, 0.29) is 11.8 Å². The molecule has 0 aromatic carbocycles. The summed E-state index contributed by atoms with van der Waals surface area (Å²) in [5.74, 6) is 0.102. The first-order valence-electron chi connectivity index (χ1n) is 3.59. The Kier molecular flexibility index (Phi) is 12.1. The third-order valence-corrected chi connectivity index (χ3v) is 1.51. The first-order valence-corrected chi connectivity index (χ1v) is 4.71. The van der Waals surface area contributed by atoms with E-state index in [0.717, 1.165) is 0 Å². The highest BCUT2D eigenvalue weighted by Crippen LogP contribution is 1.74. The van der Waals surface area contributed by atoms with Crippen LogP contribution in [-0.2, 0) is 9.59 Å². The maximum absolute atomic E-state index is 10.1. The molecule has 0 radical (unpaired) electrons. The highest BCUT2D eigenvalue weighted by Gasteiger charge is 1.86. The van der Waals surface area contributed by atoms with E-state index in [1.807, 2.05) is 6.92 Å². The van der Waals surface area contributed by atoms with Crippen molar-refractivity contribution in [1.82, 2.24) is 10.6 Å². The van der Waals surface area contributed by atoms with Gasteiger partial charge in [0.1, 0.15) is 0 Å². The number of halogens is 1. The van der Waals surface area contributed by atoms with E-state index >= 15 is 0 Å². The molecule has 0 aliphatic rings. The van der Waals surface area contributed by atoms with Crippen molar-refractivity contribution in [3.05, 3.63) is 0 Å². The van der Waals surface area contributed by atoms with Gasteiger partial charge in [-0.3, -0.25) is 9.59 Å². The van der Waals surface area contributed by atoms with Crippen molar-refractivity contribution in [2.24, 2.45) is 0 Å². The van der Waals surface area contributed by atoms with Gasteiger partial charge in [0.05, 0.1) is 5.33 Å². The Morgan fingerprint density at radius 1 is 1.17 bits per heavy atom. The van der Waals surface area contributed by atoms with Crippen LogP contribution < -0.4 is 10.6 Å². The summed E-state index contributed by atoms with van der Waals surface area (Å²) in [6.45, 7) is 1.82. The summed E-state index contributed by atoms with van der Waals surface area (Å²) < 4.78 is 0. The van der Waals surface area contributed by atoms with Gasteiger partial charge in [0.25, 0.3) is 0 Å². The van der Waals surface area contributed by atoms with Gasteiger partial charge in [-0.1, -0.05) is 22.9 Å². The van der Waals surface area contributed by atoms with E-state index < -0.39 is 0 Å². The van der Waals surface area contributed by atoms with Gasteiger partial charge in [-0.2, -0.15) is 0 Å². The van der Waals surface area contributed by atoms with E-state index in [2.05, 4.69) is 26.6 Å². The fraction of sp³-hybridized carbons (Fsp3) is 0.714. The molecule has 2 amide bonds. The van der Waals surface area contributed by atoms with E-state index in [4.69, 9.17) is 0 Å². The van der Waals surface area contributed by atoms with E-state index in [9.17, 15) is 9.59 Å². The van der Waals surface area contributed by atoms with Crippen LogP contribution >= 0.6 is 15.9 Å². The Bertz CT molecular complexity index is 111. The highest BCUT2D eigenvalue weighted by atomic mass is 79.9. The van der Waals surface area contributed by atoms with Crippen LogP contribution in [-0.4, -0.2) is 31.2 Å². The monoisotopic (exact) mass is 238 g/mol. The van der Waals surface area contributed by atoms with Crippen LogP contribution in [0.1, 0.15) is 13.3 Å². The topological polar surface area (TPSA) is 58.2 Å². The van der Waals surface area contributed by atoms with Gasteiger partial charge in [-0.05, 0) is 0 Å². The number of hydrogen-bond donors (Lipinski definition) is 2. The summed E-state index contributed by atoms with van der Waals surface area (Å²) in [5.41, 5.74) is 0. The molecule has 0 aliphatic heterocycles. The number of carbonyl (C=O) groups excluding carboxylic acids is 2. The molecule has 0 aromatic rings. The molecule has 0 unspecified atom stereocenters. The van der Waals surface area contributed by atoms with Gasteiger partial charge in [0, 0.05) is 20.5 Å². The highest BCUT2D eigenvalue weighted by molar-refractivity contribution is 9.09. The summed E-state index contributed by atoms with van der Waals surface area (Å²) in [7, 11) is 3.23. The van der Waals surface area contributed by atoms with Crippen LogP contribution in [0.15, 0.2) is 0 Å². The average Bonchev–Trinajstić information content (AvgIpc) is 2.16. The zero-order valence-corrected chi connectivity index (χ0v) is 9.19. The number of carbonyl (C=O) groups is 2. The van der Waals surface area contributed by atoms with E-state index in [0.29, 0.717) is 11.8 Å². The lowest BCUT2D eigenvalue weighted by atomic mass is 10.5. The summed E-state index contributed by atoms with van der Waals surface area (Å²) in [5, 5.41) is 5.30. The summed E-state index contributed by atoms with van der Waals surface area (Å²) in [4.78, 5) is 20.1. The molecule has 0 saturated carbocycles. The minimum Gasteiger partial charge on any atom is -0.359 e. The van der Waals surface area contributed by atoms with Gasteiger partial charge in [-0.15, -0.1) is 0 Å². The number of rotatable bonds is 2. The number of hydrogen-bond acceptors (Lipinski definition) is 2. The van der Waals surface area contributed by atoms with Gasteiger partial charge in [0.15, 0.2) is 0 Å². The molecule has 0 heterocycles. The van der Waals surface area contributed by atoms with Gasteiger partial charge in [0.2, 0.25) is 11.8 Å². The van der Waals surface area contributed by atoms with Crippen LogP contribution in [0, 0.1) is 0 Å². The lowest BCUT2D eigenvalue weighted by Gasteiger charge is -1.87. The number of nitrogens with one attached hydrogen (secondary N) is 2. The van der Waals surface area contributed by atoms with E-state index in [1.54, 1.807) is 14.1 Å². The second kappa shape index (κ2) is 10.4. The van der Waals surface area contributed by atoms with Crippen LogP contribution in [0.3, 0.4) is 0 Å². The molecule has 0 atom stereocenters. The lowest BCUT2D eigenvalue weighted by Crippen LogP contribution is -2.18. The Hall–Kier alpha value is -0.580. The molecule has 0 rings (SSSR count). The Labute approximate surface area is 81.2 Å². The standard InChI is InChI=1S/C4H9NO.C3H6BrNO/c1-3-4(6)5-2;1-5-3(6)2-4/h3H2,1-2H3,(H,5,6);2H2,1H3,(H,5,6). The third-order valence-electron chi connectivity index (χ3n) is 1.00. The lowest BCUT2D eigenvalue weighted by molar-refractivity contribution is -0.120. The summed E-state index contributed by atoms with van der Waals surface area (Å²) >= 11 is 2.96. The smallest absolute Gasteiger partial charge is 0.230 e. The fourth-order valence-corrected chi connectivity index (χ4v) is 0.524. The molecule has 0 fully saturated rings. The normalized spacial score (nSPS) is 7.67. The van der Waals surface area contributed by atoms with Crippen molar-refractivity contribution in [3.63, 3.8) is 0 Å². The van der Waals surface area contributed by atoms with Crippen molar-refractivity contribution in [2.45, 2.75) is 13.3 Å². The molecule has 4 nitrogen and oxygen atoms in total. The molecular formula is C7H15BrN2O2. The Balaban J connectivity index is 0. The minimum absolute atomic E-state index is 0.00926. The number of amides is 2. The molecule has 5 heteroatoms. The largest absolute Gasteiger partial charge is 0.359 e. The van der Waals surface area contributed by atoms with Crippen LogP contribution in [0.5, 0.6) is 0 Å². The zero-order valence-electron chi connectivity index (χ0n) is 7.61. The van der Waals surface area contributed by atoms with Crippen LogP contribution in [0.2, 0.25) is 0 Å². The van der Waals surface area contributed by atoms with Crippen molar-refractivity contribution in [3.8, 4) is 0 Å². The molecule has 72 valence electrons. The van der Waals surface area contributed by atoms with Gasteiger partial charge < -0.3 is 10.6 Å². The molecule has 0 aliphatic carbocycles. The zero-order chi connectivity index (χ0) is 9.98. The van der Waals surface area contributed by atoms with Crippen molar-refractivity contribution in [1.29, 1.82) is 0 Å². The molecular weight excluding hydrogens is 224 g/mol. The second-order valence-electron chi connectivity index (χ2n) is 1.83. The van der Waals surface area contributed by atoms with Crippen molar-refractivity contribution < 1.29 is 9.59 Å². The molecule has 0 saturated heterocycles. The maximum atomic E-state index is 10.1. The fourth-order valence-electron chi connectivity index (χ4n) is 0.244. The van der Waals surface area contributed by atoms with Gasteiger partial charge >= 0.3 is 0 Å².